The molecule has 70 valence electrons. The summed E-state index contributed by atoms with van der Waals surface area (Å²) in [5.41, 5.74) is 0.614. The molecule has 0 N–H and O–H groups in total. The number of rotatable bonds is 3. The van der Waals surface area contributed by atoms with Gasteiger partial charge in [-0.3, -0.25) is 4.79 Å². The second kappa shape index (κ2) is 5.63. The van der Waals surface area contributed by atoms with Crippen LogP contribution in [0.3, 0.4) is 0 Å². The molecule has 0 aliphatic carbocycles. The van der Waals surface area contributed by atoms with Gasteiger partial charge in [0.2, 0.25) is 0 Å². The molecule has 0 fully saturated rings. The van der Waals surface area contributed by atoms with Crippen molar-refractivity contribution in [1.29, 1.82) is 5.26 Å². The van der Waals surface area contributed by atoms with Crippen LogP contribution in [0.1, 0.15) is 10.4 Å². The number of thioether (sulfide) groups is 1. The van der Waals surface area contributed by atoms with E-state index in [1.165, 1.54) is 11.5 Å². The average molecular weight is 268 g/mol. The van der Waals surface area contributed by atoms with Crippen LogP contribution in [0.4, 0.5) is 0 Å². The molecule has 2 nitrogen and oxygen atoms in total. The Hall–Kier alpha value is -1.05. The molecule has 0 heterocycles. The zero-order valence-corrected chi connectivity index (χ0v) is 9.51. The fourth-order valence-electron chi connectivity index (χ4n) is 0.837. The van der Waals surface area contributed by atoms with Crippen LogP contribution in [-0.2, 0) is 0 Å². The van der Waals surface area contributed by atoms with E-state index in [2.05, 4.69) is 15.9 Å². The van der Waals surface area contributed by atoms with Crippen molar-refractivity contribution in [2.75, 3.05) is 0 Å². The van der Waals surface area contributed by atoms with Crippen molar-refractivity contribution in [3.05, 3.63) is 45.8 Å². The molecule has 0 saturated heterocycles. The number of halogens is 1. The number of carbonyl (C=O) groups excluding carboxylic acids is 1. The topological polar surface area (TPSA) is 40.9 Å². The van der Waals surface area contributed by atoms with Crippen molar-refractivity contribution < 1.29 is 4.79 Å². The lowest BCUT2D eigenvalue weighted by atomic mass is 10.1. The van der Waals surface area contributed by atoms with E-state index in [1.54, 1.807) is 24.3 Å². The van der Waals surface area contributed by atoms with E-state index < -0.39 is 0 Å². The molecule has 0 radical (unpaired) electrons. The average Bonchev–Trinajstić information content (AvgIpc) is 2.19. The summed E-state index contributed by atoms with van der Waals surface area (Å²) in [7, 11) is 0. The van der Waals surface area contributed by atoms with Crippen LogP contribution in [0, 0.1) is 10.7 Å². The molecule has 0 amide bonds. The molecule has 0 aliphatic heterocycles. The lowest BCUT2D eigenvalue weighted by Crippen LogP contribution is -1.92. The lowest BCUT2D eigenvalue weighted by Gasteiger charge is -1.94. The minimum atomic E-state index is -0.0970. The number of hydrogen-bond acceptors (Lipinski definition) is 3. The molecule has 0 saturated carbocycles. The van der Waals surface area contributed by atoms with Gasteiger partial charge in [-0.15, -0.1) is 0 Å². The van der Waals surface area contributed by atoms with Crippen LogP contribution in [0.25, 0.3) is 0 Å². The number of thiocyanates is 1. The highest BCUT2D eigenvalue weighted by Gasteiger charge is 1.99. The highest BCUT2D eigenvalue weighted by atomic mass is 79.9. The number of nitrogens with zero attached hydrogens (tertiary/aromatic N) is 1. The van der Waals surface area contributed by atoms with E-state index >= 15 is 0 Å². The summed E-state index contributed by atoms with van der Waals surface area (Å²) in [6, 6.07) is 7.07. The fourth-order valence-corrected chi connectivity index (χ4v) is 1.35. The molecular formula is C10H6BrNOS. The molecule has 14 heavy (non-hydrogen) atoms. The monoisotopic (exact) mass is 267 g/mol. The highest BCUT2D eigenvalue weighted by Crippen LogP contribution is 2.11. The zero-order chi connectivity index (χ0) is 10.4. The molecule has 0 unspecified atom stereocenters. The Kier molecular flexibility index (Phi) is 4.44. The van der Waals surface area contributed by atoms with Gasteiger partial charge in [0.05, 0.1) is 0 Å². The maximum Gasteiger partial charge on any atom is 0.186 e. The van der Waals surface area contributed by atoms with E-state index in [4.69, 9.17) is 5.26 Å². The number of allylic oxidation sites excluding steroid dienone is 1. The SMILES string of the molecule is N#CS/C=C\C(=O)c1ccc(Br)cc1. The lowest BCUT2D eigenvalue weighted by molar-refractivity contribution is 0.104. The molecule has 1 aromatic carbocycles. The highest BCUT2D eigenvalue weighted by molar-refractivity contribution is 9.10. The summed E-state index contributed by atoms with van der Waals surface area (Å²) in [6.45, 7) is 0. The minimum absolute atomic E-state index is 0.0970. The van der Waals surface area contributed by atoms with Crippen LogP contribution < -0.4 is 0 Å². The van der Waals surface area contributed by atoms with Crippen LogP contribution >= 0.6 is 27.7 Å². The van der Waals surface area contributed by atoms with Gasteiger partial charge in [-0.25, -0.2) is 0 Å². The largest absolute Gasteiger partial charge is 0.289 e. The Morgan fingerprint density at radius 3 is 2.64 bits per heavy atom. The molecular weight excluding hydrogens is 262 g/mol. The van der Waals surface area contributed by atoms with Crippen molar-refractivity contribution in [3.8, 4) is 5.40 Å². The van der Waals surface area contributed by atoms with E-state index in [0.717, 1.165) is 16.2 Å². The zero-order valence-electron chi connectivity index (χ0n) is 7.11. The molecule has 0 aliphatic rings. The quantitative estimate of drug-likeness (QED) is 0.479. The van der Waals surface area contributed by atoms with Gasteiger partial charge in [0.1, 0.15) is 5.40 Å². The number of carbonyl (C=O) groups is 1. The van der Waals surface area contributed by atoms with E-state index in [-0.39, 0.29) is 5.78 Å². The fraction of sp³-hybridized carbons (Fsp3) is 0. The Morgan fingerprint density at radius 1 is 1.43 bits per heavy atom. The summed E-state index contributed by atoms with van der Waals surface area (Å²) in [6.07, 6.45) is 1.39. The van der Waals surface area contributed by atoms with E-state index in [9.17, 15) is 4.79 Å². The second-order valence-electron chi connectivity index (χ2n) is 2.38. The normalized spacial score (nSPS) is 10.0. The summed E-state index contributed by atoms with van der Waals surface area (Å²) < 4.78 is 0.935. The van der Waals surface area contributed by atoms with Crippen LogP contribution in [0.5, 0.6) is 0 Å². The summed E-state index contributed by atoms with van der Waals surface area (Å²) in [5.74, 6) is -0.0970. The molecule has 0 spiro atoms. The Morgan fingerprint density at radius 2 is 2.07 bits per heavy atom. The maximum absolute atomic E-state index is 11.4. The number of nitriles is 1. The molecule has 4 heteroatoms. The van der Waals surface area contributed by atoms with Gasteiger partial charge in [0, 0.05) is 10.0 Å². The summed E-state index contributed by atoms with van der Waals surface area (Å²) >= 11 is 4.21. The molecule has 0 bridgehead atoms. The van der Waals surface area contributed by atoms with Crippen LogP contribution in [0.15, 0.2) is 40.2 Å². The summed E-state index contributed by atoms with van der Waals surface area (Å²) in [5, 5.41) is 11.6. The number of ketones is 1. The first-order valence-corrected chi connectivity index (χ1v) is 5.42. The van der Waals surface area contributed by atoms with Gasteiger partial charge in [-0.2, -0.15) is 5.26 Å². The van der Waals surface area contributed by atoms with Gasteiger partial charge in [-0.05, 0) is 47.5 Å². The summed E-state index contributed by atoms with van der Waals surface area (Å²) in [4.78, 5) is 11.4. The Balaban J connectivity index is 2.71. The predicted molar refractivity (Wildman–Crippen MR) is 60.8 cm³/mol. The standard InChI is InChI=1S/C10H6BrNOS/c11-9-3-1-8(2-4-9)10(13)5-6-14-7-12/h1-6H/b6-5-. The molecule has 1 rings (SSSR count). The third-order valence-corrected chi connectivity index (χ3v) is 2.38. The van der Waals surface area contributed by atoms with Gasteiger partial charge >= 0.3 is 0 Å². The molecule has 0 atom stereocenters. The number of benzene rings is 1. The van der Waals surface area contributed by atoms with Crippen molar-refractivity contribution in [2.24, 2.45) is 0 Å². The first kappa shape index (κ1) is 11.0. The Labute approximate surface area is 94.7 Å². The van der Waals surface area contributed by atoms with Crippen molar-refractivity contribution in [3.63, 3.8) is 0 Å². The maximum atomic E-state index is 11.4. The van der Waals surface area contributed by atoms with Crippen molar-refractivity contribution in [2.45, 2.75) is 0 Å². The van der Waals surface area contributed by atoms with Gasteiger partial charge < -0.3 is 0 Å². The Bertz CT molecular complexity index is 392. The van der Waals surface area contributed by atoms with E-state index in [1.807, 2.05) is 5.40 Å². The molecule has 1 aromatic rings. The predicted octanol–water partition coefficient (Wildman–Crippen LogP) is 3.36. The van der Waals surface area contributed by atoms with E-state index in [0.29, 0.717) is 5.56 Å². The number of hydrogen-bond donors (Lipinski definition) is 0. The first-order valence-electron chi connectivity index (χ1n) is 3.75. The smallest absolute Gasteiger partial charge is 0.186 e. The third kappa shape index (κ3) is 3.36. The van der Waals surface area contributed by atoms with Gasteiger partial charge in [0.15, 0.2) is 5.78 Å². The van der Waals surface area contributed by atoms with Crippen molar-refractivity contribution >= 4 is 33.5 Å². The van der Waals surface area contributed by atoms with Gasteiger partial charge in [-0.1, -0.05) is 15.9 Å². The second-order valence-corrected chi connectivity index (χ2v) is 3.99. The third-order valence-electron chi connectivity index (χ3n) is 1.47. The van der Waals surface area contributed by atoms with Crippen molar-refractivity contribution in [1.82, 2.24) is 0 Å². The van der Waals surface area contributed by atoms with Gasteiger partial charge in [0.25, 0.3) is 0 Å². The minimum Gasteiger partial charge on any atom is -0.289 e. The first-order chi connectivity index (χ1) is 6.74. The molecule has 0 aromatic heterocycles. The van der Waals surface area contributed by atoms with Crippen LogP contribution in [0.2, 0.25) is 0 Å². The van der Waals surface area contributed by atoms with Crippen LogP contribution in [-0.4, -0.2) is 5.78 Å².